The van der Waals surface area contributed by atoms with E-state index in [1.807, 2.05) is 0 Å². The van der Waals surface area contributed by atoms with Crippen molar-refractivity contribution in [2.75, 3.05) is 13.6 Å². The smallest absolute Gasteiger partial charge is 0.273 e. The Morgan fingerprint density at radius 1 is 1.62 bits per heavy atom. The van der Waals surface area contributed by atoms with Crippen molar-refractivity contribution in [3.8, 4) is 0 Å². The molecule has 4 nitrogen and oxygen atoms in total. The Labute approximate surface area is 106 Å². The Kier molecular flexibility index (Phi) is 6.55. The Morgan fingerprint density at radius 3 is 2.69 bits per heavy atom. The molecule has 0 aliphatic carbocycles. The molecule has 16 heavy (non-hydrogen) atoms. The Morgan fingerprint density at radius 2 is 2.25 bits per heavy atom. The third kappa shape index (κ3) is 4.08. The maximum Gasteiger partial charge on any atom is 0.273 e. The summed E-state index contributed by atoms with van der Waals surface area (Å²) in [5, 5.41) is 2.57. The van der Waals surface area contributed by atoms with Gasteiger partial charge in [0.05, 0.1) is 0 Å². The summed E-state index contributed by atoms with van der Waals surface area (Å²) in [7, 11) is 1.80. The first kappa shape index (κ1) is 15.3. The number of halogens is 1. The second-order valence-corrected chi connectivity index (χ2v) is 4.85. The van der Waals surface area contributed by atoms with Crippen LogP contribution >= 0.6 is 23.7 Å². The molecular formula is C10H18ClN3OS. The molecule has 92 valence electrons. The molecular weight excluding hydrogens is 246 g/mol. The van der Waals surface area contributed by atoms with Crippen LogP contribution in [-0.2, 0) is 6.54 Å². The van der Waals surface area contributed by atoms with Gasteiger partial charge in [-0.3, -0.25) is 4.79 Å². The maximum atomic E-state index is 11.8. The third-order valence-electron chi connectivity index (χ3n) is 1.93. The van der Waals surface area contributed by atoms with E-state index in [2.05, 4.69) is 18.8 Å². The quantitative estimate of drug-likeness (QED) is 0.900. The molecule has 0 radical (unpaired) electrons. The summed E-state index contributed by atoms with van der Waals surface area (Å²) in [4.78, 5) is 17.7. The Balaban J connectivity index is 0.00000225. The minimum atomic E-state index is -0.0281. The Bertz CT molecular complexity index is 341. The highest BCUT2D eigenvalue weighted by Crippen LogP contribution is 2.11. The number of carbonyl (C=O) groups excluding carboxylic acids is 1. The fourth-order valence-electron chi connectivity index (χ4n) is 1.33. The van der Waals surface area contributed by atoms with Gasteiger partial charge in [0.25, 0.3) is 5.91 Å². The topological polar surface area (TPSA) is 59.2 Å². The summed E-state index contributed by atoms with van der Waals surface area (Å²) >= 11 is 1.43. The van der Waals surface area contributed by atoms with Crippen LogP contribution in [0.4, 0.5) is 0 Å². The van der Waals surface area contributed by atoms with Crippen LogP contribution in [0.2, 0.25) is 0 Å². The van der Waals surface area contributed by atoms with Gasteiger partial charge in [-0.05, 0) is 5.92 Å². The average molecular weight is 264 g/mol. The van der Waals surface area contributed by atoms with Crippen LogP contribution in [0.25, 0.3) is 0 Å². The van der Waals surface area contributed by atoms with Gasteiger partial charge in [-0.1, -0.05) is 13.8 Å². The summed E-state index contributed by atoms with van der Waals surface area (Å²) in [6, 6.07) is 0. The first-order valence-electron chi connectivity index (χ1n) is 4.94. The maximum absolute atomic E-state index is 11.8. The molecule has 0 aliphatic heterocycles. The molecule has 0 saturated carbocycles. The molecule has 0 aromatic carbocycles. The van der Waals surface area contributed by atoms with Gasteiger partial charge >= 0.3 is 0 Å². The summed E-state index contributed by atoms with van der Waals surface area (Å²) in [6.45, 7) is 5.30. The van der Waals surface area contributed by atoms with Crippen molar-refractivity contribution in [3.63, 3.8) is 0 Å². The van der Waals surface area contributed by atoms with Gasteiger partial charge in [-0.25, -0.2) is 4.98 Å². The van der Waals surface area contributed by atoms with Gasteiger partial charge in [0.15, 0.2) is 0 Å². The molecule has 1 aromatic heterocycles. The lowest BCUT2D eigenvalue weighted by molar-refractivity contribution is 0.0774. The second kappa shape index (κ2) is 6.83. The van der Waals surface area contributed by atoms with Gasteiger partial charge in [0, 0.05) is 25.5 Å². The lowest BCUT2D eigenvalue weighted by Crippen LogP contribution is -2.30. The number of nitrogens with two attached hydrogens (primary N) is 1. The molecule has 0 spiro atoms. The molecule has 1 amide bonds. The van der Waals surface area contributed by atoms with Gasteiger partial charge in [0.1, 0.15) is 10.7 Å². The predicted molar refractivity (Wildman–Crippen MR) is 69.1 cm³/mol. The fraction of sp³-hybridized carbons (Fsp3) is 0.600. The molecule has 1 aromatic rings. The Hall–Kier alpha value is -0.650. The monoisotopic (exact) mass is 263 g/mol. The number of carbonyl (C=O) groups is 1. The first-order valence-corrected chi connectivity index (χ1v) is 5.82. The summed E-state index contributed by atoms with van der Waals surface area (Å²) < 4.78 is 0. The number of amides is 1. The minimum absolute atomic E-state index is 0. The van der Waals surface area contributed by atoms with E-state index in [0.717, 1.165) is 11.6 Å². The molecule has 6 heteroatoms. The molecule has 0 atom stereocenters. The third-order valence-corrected chi connectivity index (χ3v) is 2.80. The van der Waals surface area contributed by atoms with E-state index >= 15 is 0 Å². The van der Waals surface area contributed by atoms with Gasteiger partial charge < -0.3 is 10.6 Å². The van der Waals surface area contributed by atoms with Crippen molar-refractivity contribution >= 4 is 29.7 Å². The zero-order valence-electron chi connectivity index (χ0n) is 9.77. The zero-order chi connectivity index (χ0) is 11.4. The van der Waals surface area contributed by atoms with Gasteiger partial charge in [-0.15, -0.1) is 23.7 Å². The number of hydrogen-bond donors (Lipinski definition) is 1. The summed E-state index contributed by atoms with van der Waals surface area (Å²) in [5.74, 6) is 0.436. The lowest BCUT2D eigenvalue weighted by atomic mass is 10.2. The van der Waals surface area contributed by atoms with Crippen molar-refractivity contribution in [2.24, 2.45) is 11.7 Å². The van der Waals surface area contributed by atoms with Crippen molar-refractivity contribution in [1.29, 1.82) is 0 Å². The second-order valence-electron chi connectivity index (χ2n) is 3.91. The molecule has 0 bridgehead atoms. The lowest BCUT2D eigenvalue weighted by Gasteiger charge is -2.17. The number of aromatic nitrogens is 1. The number of rotatable bonds is 4. The van der Waals surface area contributed by atoms with Crippen LogP contribution in [0, 0.1) is 5.92 Å². The molecule has 1 rings (SSSR count). The van der Waals surface area contributed by atoms with E-state index in [1.54, 1.807) is 17.3 Å². The van der Waals surface area contributed by atoms with E-state index in [-0.39, 0.29) is 18.3 Å². The van der Waals surface area contributed by atoms with Crippen molar-refractivity contribution in [2.45, 2.75) is 20.4 Å². The van der Waals surface area contributed by atoms with Crippen LogP contribution in [0.15, 0.2) is 5.38 Å². The summed E-state index contributed by atoms with van der Waals surface area (Å²) in [6.07, 6.45) is 0. The van der Waals surface area contributed by atoms with Crippen LogP contribution in [0.3, 0.4) is 0 Å². The highest BCUT2D eigenvalue weighted by Gasteiger charge is 2.15. The molecule has 0 saturated heterocycles. The van der Waals surface area contributed by atoms with E-state index in [0.29, 0.717) is 18.2 Å². The molecule has 0 fully saturated rings. The van der Waals surface area contributed by atoms with E-state index < -0.39 is 0 Å². The molecule has 0 aliphatic rings. The predicted octanol–water partition coefficient (Wildman–Crippen LogP) is 1.75. The summed E-state index contributed by atoms with van der Waals surface area (Å²) in [5.41, 5.74) is 5.95. The largest absolute Gasteiger partial charge is 0.340 e. The van der Waals surface area contributed by atoms with E-state index in [4.69, 9.17) is 5.73 Å². The van der Waals surface area contributed by atoms with E-state index in [1.165, 1.54) is 11.3 Å². The van der Waals surface area contributed by atoms with Gasteiger partial charge in [-0.2, -0.15) is 0 Å². The highest BCUT2D eigenvalue weighted by atomic mass is 35.5. The van der Waals surface area contributed by atoms with Crippen molar-refractivity contribution < 1.29 is 4.79 Å². The minimum Gasteiger partial charge on any atom is -0.340 e. The SMILES string of the molecule is CC(C)CN(C)C(=O)c1csc(CN)n1.Cl. The standard InChI is InChI=1S/C10H17N3OS.ClH/c1-7(2)5-13(3)10(14)8-6-15-9(4-11)12-8;/h6-7H,4-5,11H2,1-3H3;1H. The first-order chi connectivity index (χ1) is 7.04. The average Bonchev–Trinajstić information content (AvgIpc) is 2.63. The molecule has 2 N–H and O–H groups in total. The zero-order valence-corrected chi connectivity index (χ0v) is 11.4. The van der Waals surface area contributed by atoms with Crippen LogP contribution < -0.4 is 5.73 Å². The molecule has 0 unspecified atom stereocenters. The van der Waals surface area contributed by atoms with Gasteiger partial charge in [0.2, 0.25) is 0 Å². The highest BCUT2D eigenvalue weighted by molar-refractivity contribution is 7.09. The van der Waals surface area contributed by atoms with E-state index in [9.17, 15) is 4.79 Å². The van der Waals surface area contributed by atoms with Crippen molar-refractivity contribution in [1.82, 2.24) is 9.88 Å². The number of hydrogen-bond acceptors (Lipinski definition) is 4. The van der Waals surface area contributed by atoms with Crippen LogP contribution in [0.1, 0.15) is 29.3 Å². The molecule has 1 heterocycles. The van der Waals surface area contributed by atoms with Crippen LogP contribution in [-0.4, -0.2) is 29.4 Å². The fourth-order valence-corrected chi connectivity index (χ4v) is 1.98. The number of nitrogens with zero attached hydrogens (tertiary/aromatic N) is 2. The number of thiazole rings is 1. The van der Waals surface area contributed by atoms with Crippen molar-refractivity contribution in [3.05, 3.63) is 16.1 Å². The van der Waals surface area contributed by atoms with Crippen LogP contribution in [0.5, 0.6) is 0 Å². The normalized spacial score (nSPS) is 10.1.